The Morgan fingerprint density at radius 1 is 0.714 bits per heavy atom. The number of alkyl halides is 15. The van der Waals surface area contributed by atoms with E-state index in [9.17, 15) is 67.0 Å². The monoisotopic (exact) mass is 500 g/mol. The van der Waals surface area contributed by atoms with E-state index in [1.807, 2.05) is 4.74 Å². The van der Waals surface area contributed by atoms with E-state index in [2.05, 4.69) is 23.2 Å². The van der Waals surface area contributed by atoms with E-state index >= 15 is 0 Å². The van der Waals surface area contributed by atoms with Gasteiger partial charge in [-0.2, -0.15) is 57.1 Å². The molecule has 0 aliphatic carbocycles. The molecule has 0 aliphatic rings. The summed E-state index contributed by atoms with van der Waals surface area (Å²) in [7, 11) is 0. The van der Waals surface area contributed by atoms with Crippen LogP contribution in [0.15, 0.2) is 0 Å². The van der Waals surface area contributed by atoms with Gasteiger partial charge >= 0.3 is 70.4 Å². The first-order valence-electron chi connectivity index (χ1n) is 5.31. The molecule has 0 spiro atoms. The third kappa shape index (κ3) is 5.60. The number of carboxylic acid groups (broad SMARTS) is 1. The smallest absolute Gasteiger partial charge is 0.544 e. The van der Waals surface area contributed by atoms with Gasteiger partial charge in [-0.1, -0.05) is 0 Å². The molecule has 28 heavy (non-hydrogen) atoms. The molecule has 0 aliphatic heterocycles. The van der Waals surface area contributed by atoms with Crippen molar-refractivity contribution in [3.63, 3.8) is 0 Å². The molecule has 0 saturated heterocycles. The van der Waals surface area contributed by atoms with E-state index in [0.29, 0.717) is 0 Å². The van der Waals surface area contributed by atoms with Gasteiger partial charge in [0, 0.05) is 0 Å². The molecule has 0 N–H and O–H groups in total. The van der Waals surface area contributed by atoms with Crippen molar-refractivity contribution in [2.45, 2.75) is 40.9 Å². The Kier molecular flexibility index (Phi) is 8.97. The SMILES string of the molecule is O=C([O-])C(F)(F)C(F)(F)OC(F)(C(F)(F)F)C(F)(F)OC(F)(Cl)C(F)(F)Cl.[Na+]. The predicted molar refractivity (Wildman–Crippen MR) is 52.4 cm³/mol. The minimum absolute atomic E-state index is 0. The summed E-state index contributed by atoms with van der Waals surface area (Å²) < 4.78 is 169. The number of carboxylic acids is 1. The summed E-state index contributed by atoms with van der Waals surface area (Å²) in [6.07, 6.45) is -22.2. The van der Waals surface area contributed by atoms with Crippen molar-refractivity contribution in [2.75, 3.05) is 0 Å². The van der Waals surface area contributed by atoms with Crippen LogP contribution in [0.25, 0.3) is 0 Å². The average Bonchev–Trinajstić information content (AvgIpc) is 2.33. The maximum Gasteiger partial charge on any atom is 1.00 e. The summed E-state index contributed by atoms with van der Waals surface area (Å²) in [4.78, 5) is 9.77. The summed E-state index contributed by atoms with van der Waals surface area (Å²) in [6, 6.07) is 0. The van der Waals surface area contributed by atoms with Gasteiger partial charge in [0.05, 0.1) is 0 Å². The topological polar surface area (TPSA) is 58.6 Å². The van der Waals surface area contributed by atoms with Gasteiger partial charge in [0.1, 0.15) is 5.97 Å². The Balaban J connectivity index is 0. The van der Waals surface area contributed by atoms with Crippen LogP contribution in [0.4, 0.5) is 57.1 Å². The molecule has 20 heteroatoms. The predicted octanol–water partition coefficient (Wildman–Crippen LogP) is 0.516. The van der Waals surface area contributed by atoms with Crippen LogP contribution in [0, 0.1) is 0 Å². The summed E-state index contributed by atoms with van der Waals surface area (Å²) in [5, 5.41) is -2.02. The molecular weight excluding hydrogens is 501 g/mol. The summed E-state index contributed by atoms with van der Waals surface area (Å²) in [6.45, 7) is 0. The molecule has 0 rings (SSSR count). The molecule has 162 valence electrons. The number of hydrogen-bond donors (Lipinski definition) is 0. The number of aliphatic carboxylic acids is 1. The van der Waals surface area contributed by atoms with E-state index in [-0.39, 0.29) is 29.6 Å². The van der Waals surface area contributed by atoms with Crippen molar-refractivity contribution in [2.24, 2.45) is 0 Å². The van der Waals surface area contributed by atoms with Gasteiger partial charge in [-0.25, -0.2) is 0 Å². The van der Waals surface area contributed by atoms with Crippen molar-refractivity contribution in [1.82, 2.24) is 0 Å². The van der Waals surface area contributed by atoms with Gasteiger partial charge < -0.3 is 9.90 Å². The van der Waals surface area contributed by atoms with E-state index in [4.69, 9.17) is 0 Å². The largest absolute Gasteiger partial charge is 1.00 e. The summed E-state index contributed by atoms with van der Waals surface area (Å²) in [5.41, 5.74) is 0. The van der Waals surface area contributed by atoms with E-state index in [1.165, 1.54) is 0 Å². The minimum atomic E-state index is -7.56. The Bertz CT molecular complexity index is 578. The zero-order valence-electron chi connectivity index (χ0n) is 12.3. The molecule has 0 amide bonds. The first-order chi connectivity index (χ1) is 11.4. The normalized spacial score (nSPS) is 18.7. The quantitative estimate of drug-likeness (QED) is 0.277. The number of rotatable bonds is 8. The first kappa shape index (κ1) is 30.3. The van der Waals surface area contributed by atoms with Gasteiger partial charge in [0.15, 0.2) is 0 Å². The molecule has 0 bridgehead atoms. The molecule has 2 unspecified atom stereocenters. The molecule has 0 heterocycles. The van der Waals surface area contributed by atoms with E-state index in [0.717, 1.165) is 0 Å². The van der Waals surface area contributed by atoms with Crippen molar-refractivity contribution < 1.29 is 106 Å². The molecule has 4 nitrogen and oxygen atoms in total. The van der Waals surface area contributed by atoms with Crippen molar-refractivity contribution in [3.05, 3.63) is 0 Å². The van der Waals surface area contributed by atoms with Crippen LogP contribution in [0.2, 0.25) is 0 Å². The average molecular weight is 501 g/mol. The van der Waals surface area contributed by atoms with Gasteiger partial charge in [-0.15, -0.1) is 0 Å². The third-order valence-electron chi connectivity index (χ3n) is 2.22. The van der Waals surface area contributed by atoms with Crippen molar-refractivity contribution >= 4 is 29.2 Å². The Morgan fingerprint density at radius 3 is 1.32 bits per heavy atom. The fourth-order valence-corrected chi connectivity index (χ4v) is 1.06. The molecule has 0 aromatic carbocycles. The van der Waals surface area contributed by atoms with Crippen LogP contribution < -0.4 is 34.7 Å². The standard InChI is InChI=1S/C8HCl2F13O4.Na/c9-4(14,15)5(10,16)27-8(22,23)3(13,6(17,18)19)26-7(20,21)2(11,12)1(24)25;/h(H,24,25);/q;+1/p-1. The van der Waals surface area contributed by atoms with Crippen LogP contribution in [0.5, 0.6) is 0 Å². The number of carbonyl (C=O) groups excluding carboxylic acids is 1. The zero-order chi connectivity index (χ0) is 22.5. The van der Waals surface area contributed by atoms with Gasteiger partial charge in [0.25, 0.3) is 0 Å². The van der Waals surface area contributed by atoms with Crippen molar-refractivity contribution in [1.29, 1.82) is 0 Å². The van der Waals surface area contributed by atoms with Gasteiger partial charge in [0.2, 0.25) is 0 Å². The second-order valence-electron chi connectivity index (χ2n) is 4.21. The Labute approximate surface area is 176 Å². The Hall–Kier alpha value is 0.0600. The second-order valence-corrected chi connectivity index (χ2v) is 5.17. The van der Waals surface area contributed by atoms with Crippen LogP contribution in [-0.4, -0.2) is 46.8 Å². The fraction of sp³-hybridized carbons (Fsp3) is 0.875. The first-order valence-corrected chi connectivity index (χ1v) is 6.07. The number of halogens is 15. The van der Waals surface area contributed by atoms with Gasteiger partial charge in [-0.05, 0) is 23.2 Å². The number of ether oxygens (including phenoxy) is 2. The van der Waals surface area contributed by atoms with Crippen LogP contribution in [0.3, 0.4) is 0 Å². The molecule has 0 aromatic rings. The maximum absolute atomic E-state index is 13.5. The minimum Gasteiger partial charge on any atom is -0.544 e. The molecule has 0 saturated carbocycles. The van der Waals surface area contributed by atoms with Crippen LogP contribution in [-0.2, 0) is 14.3 Å². The number of hydrogen-bond acceptors (Lipinski definition) is 4. The molecular formula is C8Cl2F13NaO4. The fourth-order valence-electron chi connectivity index (χ4n) is 0.926. The van der Waals surface area contributed by atoms with E-state index < -0.39 is 46.8 Å². The van der Waals surface area contributed by atoms with E-state index in [1.54, 1.807) is 4.74 Å². The molecule has 0 radical (unpaired) electrons. The zero-order valence-corrected chi connectivity index (χ0v) is 15.8. The molecule has 2 atom stereocenters. The number of carbonyl (C=O) groups is 1. The maximum atomic E-state index is 13.5. The molecule has 0 fully saturated rings. The molecule has 0 aromatic heterocycles. The summed E-state index contributed by atoms with van der Waals surface area (Å²) in [5.74, 6) is -18.7. The third-order valence-corrected chi connectivity index (χ3v) is 2.87. The second kappa shape index (κ2) is 8.30. The van der Waals surface area contributed by atoms with Crippen LogP contribution >= 0.6 is 23.2 Å². The summed E-state index contributed by atoms with van der Waals surface area (Å²) >= 11 is 7.63. The Morgan fingerprint density at radius 2 is 1.07 bits per heavy atom. The van der Waals surface area contributed by atoms with Crippen molar-refractivity contribution in [3.8, 4) is 0 Å². The van der Waals surface area contributed by atoms with Crippen LogP contribution in [0.1, 0.15) is 0 Å². The van der Waals surface area contributed by atoms with Gasteiger partial charge in [-0.3, -0.25) is 9.47 Å².